The van der Waals surface area contributed by atoms with Crippen LogP contribution in [-0.4, -0.2) is 38.6 Å². The van der Waals surface area contributed by atoms with Gasteiger partial charge in [0, 0.05) is 13.7 Å². The Morgan fingerprint density at radius 1 is 1.38 bits per heavy atom. The Morgan fingerprint density at radius 3 is 2.54 bits per heavy atom. The van der Waals surface area contributed by atoms with E-state index in [2.05, 4.69) is 15.4 Å². The van der Waals surface area contributed by atoms with Gasteiger partial charge in [-0.1, -0.05) is 0 Å². The molecule has 72 valence electrons. The SMILES string of the molecule is COCCNC(=O)C(=O)NCC#N. The third kappa shape index (κ3) is 5.64. The molecule has 2 amide bonds. The number of nitrogens with one attached hydrogen (secondary N) is 2. The molecule has 0 unspecified atom stereocenters. The molecular formula is C7H11N3O3. The molecule has 2 N–H and O–H groups in total. The van der Waals surface area contributed by atoms with Crippen LogP contribution in [0.1, 0.15) is 0 Å². The number of hydrogen-bond acceptors (Lipinski definition) is 4. The number of amides is 2. The zero-order valence-electron chi connectivity index (χ0n) is 7.29. The van der Waals surface area contributed by atoms with E-state index in [-0.39, 0.29) is 13.1 Å². The fourth-order valence-electron chi connectivity index (χ4n) is 0.547. The van der Waals surface area contributed by atoms with Crippen LogP contribution in [0.25, 0.3) is 0 Å². The summed E-state index contributed by atoms with van der Waals surface area (Å²) in [6, 6.07) is 1.68. The molecule has 0 aliphatic carbocycles. The van der Waals surface area contributed by atoms with Crippen molar-refractivity contribution in [2.45, 2.75) is 0 Å². The summed E-state index contributed by atoms with van der Waals surface area (Å²) in [5.74, 6) is -1.56. The van der Waals surface area contributed by atoms with Gasteiger partial charge in [0.05, 0.1) is 12.7 Å². The van der Waals surface area contributed by atoms with E-state index in [1.165, 1.54) is 7.11 Å². The molecular weight excluding hydrogens is 174 g/mol. The first-order chi connectivity index (χ1) is 6.22. The van der Waals surface area contributed by atoms with E-state index in [9.17, 15) is 9.59 Å². The van der Waals surface area contributed by atoms with Crippen LogP contribution in [0, 0.1) is 11.3 Å². The molecule has 0 spiro atoms. The summed E-state index contributed by atoms with van der Waals surface area (Å²) in [5.41, 5.74) is 0. The van der Waals surface area contributed by atoms with Crippen molar-refractivity contribution in [1.82, 2.24) is 10.6 Å². The highest BCUT2D eigenvalue weighted by atomic mass is 16.5. The van der Waals surface area contributed by atoms with Crippen LogP contribution in [0.5, 0.6) is 0 Å². The van der Waals surface area contributed by atoms with Crippen molar-refractivity contribution in [2.75, 3.05) is 26.8 Å². The Labute approximate surface area is 75.9 Å². The highest BCUT2D eigenvalue weighted by molar-refractivity contribution is 6.35. The number of ether oxygens (including phenoxy) is 1. The monoisotopic (exact) mass is 185 g/mol. The fraction of sp³-hybridized carbons (Fsp3) is 0.571. The van der Waals surface area contributed by atoms with Crippen LogP contribution >= 0.6 is 0 Å². The van der Waals surface area contributed by atoms with Crippen LogP contribution in [0.15, 0.2) is 0 Å². The Morgan fingerprint density at radius 2 is 2.00 bits per heavy atom. The number of carbonyl (C=O) groups excluding carboxylic acids is 2. The highest BCUT2D eigenvalue weighted by Gasteiger charge is 2.10. The molecule has 0 bridgehead atoms. The molecule has 0 rings (SSSR count). The van der Waals surface area contributed by atoms with E-state index >= 15 is 0 Å². The molecule has 6 heteroatoms. The molecule has 13 heavy (non-hydrogen) atoms. The third-order valence-electron chi connectivity index (χ3n) is 1.13. The van der Waals surface area contributed by atoms with Gasteiger partial charge in [-0.05, 0) is 0 Å². The predicted molar refractivity (Wildman–Crippen MR) is 43.5 cm³/mol. The Hall–Kier alpha value is -1.61. The van der Waals surface area contributed by atoms with Crippen molar-refractivity contribution >= 4 is 11.8 Å². The lowest BCUT2D eigenvalue weighted by Crippen LogP contribution is -2.41. The predicted octanol–water partition coefficient (Wildman–Crippen LogP) is -1.61. The first kappa shape index (κ1) is 11.4. The third-order valence-corrected chi connectivity index (χ3v) is 1.13. The number of nitriles is 1. The number of nitrogens with zero attached hydrogens (tertiary/aromatic N) is 1. The molecule has 0 aliphatic heterocycles. The zero-order chi connectivity index (χ0) is 10.1. The highest BCUT2D eigenvalue weighted by Crippen LogP contribution is 1.69. The van der Waals surface area contributed by atoms with Gasteiger partial charge in [-0.15, -0.1) is 0 Å². The van der Waals surface area contributed by atoms with Crippen LogP contribution in [0.3, 0.4) is 0 Å². The first-order valence-electron chi connectivity index (χ1n) is 3.64. The lowest BCUT2D eigenvalue weighted by atomic mass is 10.5. The minimum absolute atomic E-state index is 0.170. The lowest BCUT2D eigenvalue weighted by Gasteiger charge is -2.02. The zero-order valence-corrected chi connectivity index (χ0v) is 7.29. The van der Waals surface area contributed by atoms with E-state index in [1.807, 2.05) is 0 Å². The number of rotatable bonds is 4. The second kappa shape index (κ2) is 7.06. The Bertz CT molecular complexity index is 222. The minimum Gasteiger partial charge on any atom is -0.383 e. The van der Waals surface area contributed by atoms with Crippen LogP contribution < -0.4 is 10.6 Å². The first-order valence-corrected chi connectivity index (χ1v) is 3.64. The molecule has 0 saturated heterocycles. The van der Waals surface area contributed by atoms with E-state index in [0.717, 1.165) is 0 Å². The van der Waals surface area contributed by atoms with Gasteiger partial charge in [0.2, 0.25) is 0 Å². The van der Waals surface area contributed by atoms with Gasteiger partial charge in [0.15, 0.2) is 0 Å². The molecule has 0 aromatic rings. The Kier molecular flexibility index (Phi) is 6.19. The molecule has 0 heterocycles. The summed E-state index contributed by atoms with van der Waals surface area (Å²) < 4.78 is 4.65. The average molecular weight is 185 g/mol. The van der Waals surface area contributed by atoms with Crippen molar-refractivity contribution in [1.29, 1.82) is 5.26 Å². The van der Waals surface area contributed by atoms with Crippen LogP contribution in [0.4, 0.5) is 0 Å². The van der Waals surface area contributed by atoms with Crippen molar-refractivity contribution in [2.24, 2.45) is 0 Å². The summed E-state index contributed by atoms with van der Waals surface area (Å²) in [5, 5.41) is 12.5. The van der Waals surface area contributed by atoms with Gasteiger partial charge < -0.3 is 15.4 Å². The summed E-state index contributed by atoms with van der Waals surface area (Å²) in [7, 11) is 1.49. The second-order valence-electron chi connectivity index (χ2n) is 2.09. The van der Waals surface area contributed by atoms with Crippen molar-refractivity contribution in [3.05, 3.63) is 0 Å². The van der Waals surface area contributed by atoms with Gasteiger partial charge in [0.1, 0.15) is 6.54 Å². The Balaban J connectivity index is 3.59. The quantitative estimate of drug-likeness (QED) is 0.313. The van der Waals surface area contributed by atoms with Crippen molar-refractivity contribution in [3.63, 3.8) is 0 Å². The summed E-state index contributed by atoms with van der Waals surface area (Å²) in [6.07, 6.45) is 0. The molecule has 0 atom stereocenters. The largest absolute Gasteiger partial charge is 0.383 e. The standard InChI is InChI=1S/C7H11N3O3/c1-13-5-4-10-7(12)6(11)9-3-2-8/h3-5H2,1H3,(H,9,11)(H,10,12). The average Bonchev–Trinajstić information content (AvgIpc) is 2.14. The van der Waals surface area contributed by atoms with Crippen LogP contribution in [-0.2, 0) is 14.3 Å². The maximum absolute atomic E-state index is 10.8. The van der Waals surface area contributed by atoms with E-state index in [1.54, 1.807) is 6.07 Å². The summed E-state index contributed by atoms with van der Waals surface area (Å²) >= 11 is 0. The van der Waals surface area contributed by atoms with Crippen LogP contribution in [0.2, 0.25) is 0 Å². The maximum Gasteiger partial charge on any atom is 0.310 e. The smallest absolute Gasteiger partial charge is 0.310 e. The molecule has 0 aromatic carbocycles. The molecule has 0 aliphatic rings. The lowest BCUT2D eigenvalue weighted by molar-refractivity contribution is -0.139. The minimum atomic E-state index is -0.808. The maximum atomic E-state index is 10.8. The van der Waals surface area contributed by atoms with Gasteiger partial charge in [-0.25, -0.2) is 0 Å². The van der Waals surface area contributed by atoms with Gasteiger partial charge >= 0.3 is 11.8 Å². The number of methoxy groups -OCH3 is 1. The number of carbonyl (C=O) groups is 2. The van der Waals surface area contributed by atoms with Gasteiger partial charge in [-0.2, -0.15) is 5.26 Å². The summed E-state index contributed by atoms with van der Waals surface area (Å²) in [6.45, 7) is 0.448. The van der Waals surface area contributed by atoms with Crippen molar-refractivity contribution in [3.8, 4) is 6.07 Å². The topological polar surface area (TPSA) is 91.2 Å². The molecule has 0 saturated carbocycles. The van der Waals surface area contributed by atoms with Gasteiger partial charge in [-0.3, -0.25) is 9.59 Å². The molecule has 0 radical (unpaired) electrons. The fourth-order valence-corrected chi connectivity index (χ4v) is 0.547. The number of hydrogen-bond donors (Lipinski definition) is 2. The normalized spacial score (nSPS) is 8.62. The molecule has 0 fully saturated rings. The van der Waals surface area contributed by atoms with Gasteiger partial charge in [0.25, 0.3) is 0 Å². The van der Waals surface area contributed by atoms with Crippen molar-refractivity contribution < 1.29 is 14.3 Å². The summed E-state index contributed by atoms with van der Waals surface area (Å²) in [4.78, 5) is 21.6. The second-order valence-corrected chi connectivity index (χ2v) is 2.09. The molecule has 6 nitrogen and oxygen atoms in total. The molecule has 0 aromatic heterocycles. The van der Waals surface area contributed by atoms with E-state index in [4.69, 9.17) is 5.26 Å². The van der Waals surface area contributed by atoms with E-state index < -0.39 is 11.8 Å². The van der Waals surface area contributed by atoms with E-state index in [0.29, 0.717) is 6.61 Å².